The molecule has 140 valence electrons. The smallest absolute Gasteiger partial charge is 0.251 e. The first-order valence-electron chi connectivity index (χ1n) is 8.94. The van der Waals surface area contributed by atoms with Crippen molar-refractivity contribution in [3.8, 4) is 5.75 Å². The van der Waals surface area contributed by atoms with Gasteiger partial charge in [-0.1, -0.05) is 28.1 Å². The third kappa shape index (κ3) is 3.44. The third-order valence-corrected chi connectivity index (χ3v) is 5.71. The number of rotatable bonds is 3. The zero-order valence-corrected chi connectivity index (χ0v) is 16.3. The number of carbonyl (C=O) groups is 2. The van der Waals surface area contributed by atoms with E-state index in [-0.39, 0.29) is 24.0 Å². The van der Waals surface area contributed by atoms with Crippen LogP contribution in [0.2, 0.25) is 0 Å². The Kier molecular flexibility index (Phi) is 4.88. The molecule has 6 nitrogen and oxygen atoms in total. The maximum atomic E-state index is 12.9. The van der Waals surface area contributed by atoms with Crippen molar-refractivity contribution in [2.75, 3.05) is 36.0 Å². The van der Waals surface area contributed by atoms with E-state index in [2.05, 4.69) is 25.7 Å². The fourth-order valence-electron chi connectivity index (χ4n) is 3.77. The number of aromatic hydroxyl groups is 1. The normalized spacial score (nSPS) is 21.1. The SMILES string of the molecule is O=C1CC(N2CCN(c3ccccc3O)CC2)C(=O)N1c1ccc(Br)cc1. The van der Waals surface area contributed by atoms with E-state index in [9.17, 15) is 14.7 Å². The zero-order valence-electron chi connectivity index (χ0n) is 14.7. The number of carbonyl (C=O) groups excluding carboxylic acids is 2. The second-order valence-electron chi connectivity index (χ2n) is 6.78. The van der Waals surface area contributed by atoms with Gasteiger partial charge in [0.25, 0.3) is 5.91 Å². The molecule has 27 heavy (non-hydrogen) atoms. The van der Waals surface area contributed by atoms with E-state index in [0.717, 1.165) is 10.2 Å². The van der Waals surface area contributed by atoms with Crippen LogP contribution in [0.15, 0.2) is 53.0 Å². The van der Waals surface area contributed by atoms with Gasteiger partial charge in [-0.15, -0.1) is 0 Å². The molecule has 1 unspecified atom stereocenters. The lowest BCUT2D eigenvalue weighted by Gasteiger charge is -2.38. The van der Waals surface area contributed by atoms with E-state index in [1.807, 2.05) is 24.3 Å². The number of phenols is 1. The van der Waals surface area contributed by atoms with Gasteiger partial charge in [-0.3, -0.25) is 14.5 Å². The van der Waals surface area contributed by atoms with Crippen molar-refractivity contribution in [1.82, 2.24) is 4.90 Å². The lowest BCUT2D eigenvalue weighted by molar-refractivity contribution is -0.123. The highest BCUT2D eigenvalue weighted by molar-refractivity contribution is 9.10. The van der Waals surface area contributed by atoms with E-state index in [0.29, 0.717) is 31.9 Å². The highest BCUT2D eigenvalue weighted by Crippen LogP contribution is 2.30. The number of nitrogens with zero attached hydrogens (tertiary/aromatic N) is 3. The Balaban J connectivity index is 1.44. The molecule has 0 spiro atoms. The summed E-state index contributed by atoms with van der Waals surface area (Å²) >= 11 is 3.37. The molecule has 2 aromatic carbocycles. The summed E-state index contributed by atoms with van der Waals surface area (Å²) in [6, 6.07) is 14.1. The molecule has 2 saturated heterocycles. The van der Waals surface area contributed by atoms with Crippen molar-refractivity contribution < 1.29 is 14.7 Å². The van der Waals surface area contributed by atoms with E-state index >= 15 is 0 Å². The zero-order chi connectivity index (χ0) is 19.0. The Hall–Kier alpha value is -2.38. The first kappa shape index (κ1) is 18.0. The average molecular weight is 430 g/mol. The van der Waals surface area contributed by atoms with Crippen LogP contribution in [0.1, 0.15) is 6.42 Å². The molecule has 4 rings (SSSR count). The van der Waals surface area contributed by atoms with Crippen LogP contribution < -0.4 is 9.80 Å². The largest absolute Gasteiger partial charge is 0.506 e. The number of hydrogen-bond donors (Lipinski definition) is 1. The second kappa shape index (κ2) is 7.32. The minimum absolute atomic E-state index is 0.154. The topological polar surface area (TPSA) is 64.1 Å². The van der Waals surface area contributed by atoms with Crippen molar-refractivity contribution >= 4 is 39.1 Å². The van der Waals surface area contributed by atoms with Gasteiger partial charge in [-0.25, -0.2) is 4.90 Å². The van der Waals surface area contributed by atoms with Crippen molar-refractivity contribution in [2.45, 2.75) is 12.5 Å². The molecule has 2 aliphatic rings. The van der Waals surface area contributed by atoms with Crippen molar-refractivity contribution in [3.63, 3.8) is 0 Å². The molecule has 2 aliphatic heterocycles. The number of phenolic OH excluding ortho intramolecular Hbond substituents is 1. The number of imide groups is 1. The van der Waals surface area contributed by atoms with Crippen LogP contribution in [0.25, 0.3) is 0 Å². The molecule has 7 heteroatoms. The van der Waals surface area contributed by atoms with Crippen LogP contribution in [-0.2, 0) is 9.59 Å². The van der Waals surface area contributed by atoms with Crippen molar-refractivity contribution in [2.24, 2.45) is 0 Å². The van der Waals surface area contributed by atoms with Crippen LogP contribution in [0.4, 0.5) is 11.4 Å². The summed E-state index contributed by atoms with van der Waals surface area (Å²) in [5.74, 6) is -0.0479. The molecule has 1 N–H and O–H groups in total. The third-order valence-electron chi connectivity index (χ3n) is 5.19. The lowest BCUT2D eigenvalue weighted by Crippen LogP contribution is -2.52. The molecule has 2 heterocycles. The summed E-state index contributed by atoms with van der Waals surface area (Å²) in [7, 11) is 0. The minimum Gasteiger partial charge on any atom is -0.506 e. The molecule has 0 bridgehead atoms. The Morgan fingerprint density at radius 1 is 0.926 bits per heavy atom. The summed E-state index contributed by atoms with van der Waals surface area (Å²) in [4.78, 5) is 30.9. The van der Waals surface area contributed by atoms with Gasteiger partial charge in [-0.05, 0) is 36.4 Å². The molecular weight excluding hydrogens is 410 g/mol. The van der Waals surface area contributed by atoms with Gasteiger partial charge in [0.05, 0.1) is 23.8 Å². The lowest BCUT2D eigenvalue weighted by atomic mass is 10.1. The van der Waals surface area contributed by atoms with Crippen LogP contribution in [0.5, 0.6) is 5.75 Å². The fourth-order valence-corrected chi connectivity index (χ4v) is 4.03. The summed E-state index contributed by atoms with van der Waals surface area (Å²) < 4.78 is 0.905. The molecule has 0 saturated carbocycles. The predicted molar refractivity (Wildman–Crippen MR) is 107 cm³/mol. The summed E-state index contributed by atoms with van der Waals surface area (Å²) in [6.45, 7) is 2.75. The molecule has 0 aliphatic carbocycles. The second-order valence-corrected chi connectivity index (χ2v) is 7.69. The molecule has 2 amide bonds. The van der Waals surface area contributed by atoms with Gasteiger partial charge in [0.2, 0.25) is 5.91 Å². The summed E-state index contributed by atoms with van der Waals surface area (Å²) in [6.07, 6.45) is 0.214. The number of benzene rings is 2. The molecular formula is C20H20BrN3O3. The number of halogens is 1. The molecule has 2 aromatic rings. The molecule has 0 radical (unpaired) electrons. The standard InChI is InChI=1S/C20H20BrN3O3/c21-14-5-7-15(8-6-14)24-19(26)13-17(20(24)27)23-11-9-22(10-12-23)16-3-1-2-4-18(16)25/h1-8,17,25H,9-13H2. The van der Waals surface area contributed by atoms with Crippen LogP contribution in [0, 0.1) is 0 Å². The molecule has 0 aromatic heterocycles. The monoisotopic (exact) mass is 429 g/mol. The Bertz CT molecular complexity index is 863. The van der Waals surface area contributed by atoms with Gasteiger partial charge in [-0.2, -0.15) is 0 Å². The number of piperazine rings is 1. The average Bonchev–Trinajstić information content (AvgIpc) is 2.97. The van der Waals surface area contributed by atoms with E-state index in [1.165, 1.54) is 4.90 Å². The van der Waals surface area contributed by atoms with E-state index in [4.69, 9.17) is 0 Å². The fraction of sp³-hybridized carbons (Fsp3) is 0.300. The van der Waals surface area contributed by atoms with Crippen LogP contribution in [0.3, 0.4) is 0 Å². The highest BCUT2D eigenvalue weighted by atomic mass is 79.9. The van der Waals surface area contributed by atoms with Crippen LogP contribution >= 0.6 is 15.9 Å². The number of amides is 2. The summed E-state index contributed by atoms with van der Waals surface area (Å²) in [5, 5.41) is 10.0. The minimum atomic E-state index is -0.410. The van der Waals surface area contributed by atoms with Gasteiger partial charge < -0.3 is 10.0 Å². The first-order valence-corrected chi connectivity index (χ1v) is 9.73. The van der Waals surface area contributed by atoms with E-state index in [1.54, 1.807) is 24.3 Å². The van der Waals surface area contributed by atoms with Gasteiger partial charge in [0.15, 0.2) is 0 Å². The quantitative estimate of drug-likeness (QED) is 0.759. The summed E-state index contributed by atoms with van der Waals surface area (Å²) in [5.41, 5.74) is 1.42. The van der Waals surface area contributed by atoms with Crippen LogP contribution in [-0.4, -0.2) is 54.0 Å². The molecule has 2 fully saturated rings. The Morgan fingerprint density at radius 2 is 1.59 bits per heavy atom. The van der Waals surface area contributed by atoms with Gasteiger partial charge in [0, 0.05) is 30.7 Å². The van der Waals surface area contributed by atoms with Crippen molar-refractivity contribution in [1.29, 1.82) is 0 Å². The highest BCUT2D eigenvalue weighted by Gasteiger charge is 2.43. The maximum absolute atomic E-state index is 12.9. The van der Waals surface area contributed by atoms with Gasteiger partial charge >= 0.3 is 0 Å². The molecule has 1 atom stereocenters. The van der Waals surface area contributed by atoms with Gasteiger partial charge in [0.1, 0.15) is 5.75 Å². The Labute approximate surface area is 166 Å². The first-order chi connectivity index (χ1) is 13.0. The van der Waals surface area contributed by atoms with E-state index < -0.39 is 6.04 Å². The number of hydrogen-bond acceptors (Lipinski definition) is 5. The van der Waals surface area contributed by atoms with Crippen molar-refractivity contribution in [3.05, 3.63) is 53.0 Å². The Morgan fingerprint density at radius 3 is 2.26 bits per heavy atom. The maximum Gasteiger partial charge on any atom is 0.251 e. The number of anilines is 2. The number of para-hydroxylation sites is 2. The predicted octanol–water partition coefficient (Wildman–Crippen LogP) is 2.61.